The molecule has 10 aromatic heterocycles. The molecule has 0 N–H and O–H groups in total. The molecule has 0 amide bonds. The molecule has 10 heteroatoms. The monoisotopic (exact) mass is 1650 g/mol. The summed E-state index contributed by atoms with van der Waals surface area (Å²) < 4.78 is 24.6. The number of nitrogens with zero attached hydrogens (tertiary/aromatic N) is 10. The van der Waals surface area contributed by atoms with E-state index in [2.05, 4.69) is 362 Å². The molecule has 0 radical (unpaired) electrons. The number of benzene rings is 5. The normalized spacial score (nSPS) is 14.5. The number of pyridine rings is 10. The number of hydrogen-bond acceptors (Lipinski definition) is 0. The van der Waals surface area contributed by atoms with Crippen molar-refractivity contribution in [2.45, 2.75) is 239 Å². The van der Waals surface area contributed by atoms with Crippen molar-refractivity contribution in [2.24, 2.45) is 0 Å². The first-order valence-electron chi connectivity index (χ1n) is 47.0. The Kier molecular flexibility index (Phi) is 20.8. The summed E-state index contributed by atoms with van der Waals surface area (Å²) in [5.74, 6) is 0. The van der Waals surface area contributed by atoms with E-state index in [1.165, 1.54) is 237 Å². The van der Waals surface area contributed by atoms with Crippen LogP contribution in [0.4, 0.5) is 0 Å². The Hall–Kier alpha value is -12.4. The zero-order valence-electron chi connectivity index (χ0n) is 76.8. The van der Waals surface area contributed by atoms with Crippen LogP contribution in [0.3, 0.4) is 0 Å². The molecule has 0 unspecified atom stereocenters. The van der Waals surface area contributed by atoms with Gasteiger partial charge in [0.05, 0.1) is 55.6 Å². The number of hydrogen-bond donors (Lipinski definition) is 0. The van der Waals surface area contributed by atoms with Gasteiger partial charge < -0.3 is 0 Å². The summed E-state index contributed by atoms with van der Waals surface area (Å²) in [6.45, 7) is 42.3. The van der Waals surface area contributed by atoms with Crippen molar-refractivity contribution in [1.29, 1.82) is 0 Å². The van der Waals surface area contributed by atoms with Crippen molar-refractivity contribution >= 4 is 0 Å². The van der Waals surface area contributed by atoms with Gasteiger partial charge in [-0.05, 0) is 218 Å². The molecule has 10 nitrogen and oxygen atoms in total. The van der Waals surface area contributed by atoms with Gasteiger partial charge in [0.25, 0.3) is 0 Å². The topological polar surface area (TPSA) is 38.8 Å². The molecule has 0 spiro atoms. The quantitative estimate of drug-likeness (QED) is 0.136. The second kappa shape index (κ2) is 32.5. The molecule has 626 valence electrons. The molecule has 20 heterocycles. The predicted molar refractivity (Wildman–Crippen MR) is 501 cm³/mol. The highest BCUT2D eigenvalue weighted by Gasteiger charge is 2.42. The Morgan fingerprint density at radius 1 is 0.175 bits per heavy atom. The van der Waals surface area contributed by atoms with E-state index < -0.39 is 0 Å². The maximum atomic E-state index is 2.52. The number of fused-ring (bicyclic) bond motifs is 35. The zero-order chi connectivity index (χ0) is 86.2. The highest BCUT2D eigenvalue weighted by atomic mass is 15.0. The fourth-order valence-corrected chi connectivity index (χ4v) is 23.4. The van der Waals surface area contributed by atoms with Crippen LogP contribution in [0.5, 0.6) is 0 Å². The van der Waals surface area contributed by atoms with Crippen molar-refractivity contribution in [1.82, 2.24) is 0 Å². The van der Waals surface area contributed by atoms with Gasteiger partial charge in [-0.3, -0.25) is 0 Å². The smallest absolute Gasteiger partial charge is 0.198 e. The molecular formula is C116H122N10+10. The van der Waals surface area contributed by atoms with E-state index in [0.717, 1.165) is 130 Å². The minimum absolute atomic E-state index is 1.08. The van der Waals surface area contributed by atoms with Gasteiger partial charge in [-0.2, -0.15) is 45.7 Å². The number of aromatic nitrogens is 10. The van der Waals surface area contributed by atoms with Crippen LogP contribution in [0.25, 0.3) is 113 Å². The van der Waals surface area contributed by atoms with Crippen molar-refractivity contribution in [3.05, 3.63) is 353 Å². The van der Waals surface area contributed by atoms with Crippen molar-refractivity contribution in [2.75, 3.05) is 0 Å². The van der Waals surface area contributed by atoms with Crippen LogP contribution in [0, 0.1) is 96.9 Å². The second-order valence-corrected chi connectivity index (χ2v) is 38.0. The number of rotatable bonds is 0. The van der Waals surface area contributed by atoms with Crippen LogP contribution in [-0.2, 0) is 130 Å². The molecule has 0 saturated heterocycles. The first-order valence-corrected chi connectivity index (χ1v) is 47.0. The Balaban J connectivity index is 0.0000000962. The molecule has 126 heavy (non-hydrogen) atoms. The fraction of sp³-hybridized carbons (Fsp3) is 0.310. The second-order valence-electron chi connectivity index (χ2n) is 38.0. The van der Waals surface area contributed by atoms with Gasteiger partial charge in [-0.25, -0.2) is 0 Å². The maximum Gasteiger partial charge on any atom is 0.213 e. The van der Waals surface area contributed by atoms with Gasteiger partial charge in [0.1, 0.15) is 13.1 Å². The molecule has 0 saturated carbocycles. The molecule has 0 fully saturated rings. The minimum atomic E-state index is 1.08. The van der Waals surface area contributed by atoms with Crippen LogP contribution >= 0.6 is 0 Å². The maximum absolute atomic E-state index is 2.52. The van der Waals surface area contributed by atoms with Gasteiger partial charge in [-0.15, -0.1) is 0 Å². The Labute approximate surface area is 746 Å². The first-order chi connectivity index (χ1) is 61.3. The largest absolute Gasteiger partial charge is 0.213 e. The van der Waals surface area contributed by atoms with Crippen molar-refractivity contribution in [3.63, 3.8) is 0 Å². The van der Waals surface area contributed by atoms with Gasteiger partial charge in [-0.1, -0.05) is 36.4 Å². The molecule has 25 rings (SSSR count). The third-order valence-electron chi connectivity index (χ3n) is 30.2. The van der Waals surface area contributed by atoms with Crippen LogP contribution in [0.15, 0.2) is 219 Å². The van der Waals surface area contributed by atoms with Crippen LogP contribution in [0.2, 0.25) is 0 Å². The van der Waals surface area contributed by atoms with Gasteiger partial charge >= 0.3 is 0 Å². The predicted octanol–water partition coefficient (Wildman–Crippen LogP) is 18.6. The summed E-state index contributed by atoms with van der Waals surface area (Å²) >= 11 is 0. The summed E-state index contributed by atoms with van der Waals surface area (Å²) in [5.41, 5.74) is 63.3. The summed E-state index contributed by atoms with van der Waals surface area (Å²) in [7, 11) is 0. The molecule has 0 bridgehead atoms. The van der Waals surface area contributed by atoms with E-state index in [1.807, 2.05) is 0 Å². The van der Waals surface area contributed by atoms with E-state index in [9.17, 15) is 0 Å². The average Bonchev–Trinajstić information content (AvgIpc) is 0.881. The average molecular weight is 1660 g/mol. The van der Waals surface area contributed by atoms with E-state index in [1.54, 1.807) is 22.3 Å². The van der Waals surface area contributed by atoms with Crippen LogP contribution in [-0.4, -0.2) is 0 Å². The highest BCUT2D eigenvalue weighted by Crippen LogP contribution is 2.48. The third kappa shape index (κ3) is 14.0. The third-order valence-corrected chi connectivity index (χ3v) is 30.2. The lowest BCUT2D eigenvalue weighted by Crippen LogP contribution is -2.45. The molecule has 5 aromatic carbocycles. The molecule has 0 aliphatic carbocycles. The van der Waals surface area contributed by atoms with E-state index in [-0.39, 0.29) is 0 Å². The summed E-state index contributed by atoms with van der Waals surface area (Å²) in [5, 5.41) is 0. The van der Waals surface area contributed by atoms with Crippen LogP contribution < -0.4 is 45.7 Å². The van der Waals surface area contributed by atoms with E-state index in [4.69, 9.17) is 0 Å². The van der Waals surface area contributed by atoms with Crippen molar-refractivity contribution in [3.8, 4) is 113 Å². The Morgan fingerprint density at radius 3 is 0.683 bits per heavy atom. The lowest BCUT2D eigenvalue weighted by atomic mass is 9.79. The molecule has 10 aliphatic rings. The van der Waals surface area contributed by atoms with Crippen molar-refractivity contribution < 1.29 is 45.7 Å². The SMILES string of the molecule is Cc1cc[n+]2c(c1)-c1c(c(C)c(C)c3c1-c1cc(C)cc[n+]1CC3)CC2.Cc1cc[n+]2c(c1)-c1c(c(C)c(C)c3c1-c1cccc(C)[n+]1CC3)CC2.Cc1cc[n+]2c(c1)-c1c(ccc3c1-c1cc(C)cc[n+]1CC3)CC2.Cc1cc[n+]2c(c1)-c1c(ccc3c1-c1cccc(C)[n+]1CCC3)CCC2.Cc1cccc2[n+]1CCc1ccc3c(c1-2)-c1cccc(C)[n+]1CC3. The Bertz CT molecular complexity index is 6620. The lowest BCUT2D eigenvalue weighted by molar-refractivity contribution is -0.695. The molecular weight excluding hydrogens is 1530 g/mol. The summed E-state index contributed by atoms with van der Waals surface area (Å²) in [6, 6.07) is 68.8. The number of aryl methyl sites for hydroxylation is 22. The first kappa shape index (κ1) is 80.7. The van der Waals surface area contributed by atoms with E-state index >= 15 is 0 Å². The standard InChI is InChI=1S/3C24H26N2.2C22H22N2/c1-15-5-9-25-11-7-19-17(3)18(4)20-8-12-26-10-6-16(2)14-22(26)24(20)23(19)21(25)13-15;1-15-8-11-25-12-9-19-17(3)18(4)20-10-13-26-16(2)6-5-7-21(26)23(20)24(19)22(25)14-15;1-17-12-15-25-13-4-7-20-11-10-19-8-5-14-26-18(2)6-3-9-21(26)23(19)24(20)22(25)16-17;1-15-5-3-7-19-21-17(11-13-23(15)19)9-10-18-12-14-24-16(2)6-4-8-20(24)22(18)21;1-15-5-9-23-11-7-17-3-4-18-8-12-24-10-6-16(2)14-20(24)22(18)21(17)19(23)13-15/h5-6,9-10,13-14H,7-8,11-12H2,1-4H3;5-8,11,14H,9-10,12-13H2,1-4H3;3,6,9-12,15-16H,4-5,7-8,13-14H2,1-2H3;3-10H,11-14H2,1-2H3;3-6,9-10,13-14H,7-8,11-12H2,1-2H3/q5*+2. The van der Waals surface area contributed by atoms with Gasteiger partial charge in [0, 0.05) is 213 Å². The molecule has 10 aliphatic heterocycles. The van der Waals surface area contributed by atoms with Gasteiger partial charge in [0.2, 0.25) is 56.9 Å². The summed E-state index contributed by atoms with van der Waals surface area (Å²) in [4.78, 5) is 0. The minimum Gasteiger partial charge on any atom is -0.198 e. The fourth-order valence-electron chi connectivity index (χ4n) is 23.4. The zero-order valence-corrected chi connectivity index (χ0v) is 76.8. The lowest BCUT2D eigenvalue weighted by Gasteiger charge is -2.27. The molecule has 0 atom stereocenters. The highest BCUT2D eigenvalue weighted by molar-refractivity contribution is 5.90. The van der Waals surface area contributed by atoms with E-state index in [0.29, 0.717) is 0 Å². The molecule has 15 aromatic rings. The van der Waals surface area contributed by atoms with Gasteiger partial charge in [0.15, 0.2) is 112 Å². The van der Waals surface area contributed by atoms with Crippen LogP contribution in [0.1, 0.15) is 147 Å². The Morgan fingerprint density at radius 2 is 0.381 bits per heavy atom. The summed E-state index contributed by atoms with van der Waals surface area (Å²) in [6.07, 6.45) is 27.3.